The average Bonchev–Trinajstić information content (AvgIpc) is 2.46. The lowest BCUT2D eigenvalue weighted by Gasteiger charge is -2.20. The van der Waals surface area contributed by atoms with Gasteiger partial charge in [-0.25, -0.2) is 0 Å². The van der Waals surface area contributed by atoms with E-state index in [1.165, 1.54) is 12.1 Å². The summed E-state index contributed by atoms with van der Waals surface area (Å²) in [7, 11) is 2.10. The number of unbranched alkanes of at least 4 members (excludes halogenated alkanes) is 1. The molecule has 114 valence electrons. The predicted octanol–water partition coefficient (Wildman–Crippen LogP) is 3.00. The maximum absolute atomic E-state index is 10.7. The topological polar surface area (TPSA) is 82.2 Å². The van der Waals surface area contributed by atoms with Crippen LogP contribution in [0.5, 0.6) is 0 Å². The predicted molar refractivity (Wildman–Crippen MR) is 83.3 cm³/mol. The second-order valence-corrected chi connectivity index (χ2v) is 5.31. The number of hydrogen-bond acceptors (Lipinski definition) is 5. The summed E-state index contributed by atoms with van der Waals surface area (Å²) in [6, 6.07) is 6.84. The van der Waals surface area contributed by atoms with E-state index in [1.54, 1.807) is 6.07 Å². The normalized spacial score (nSPS) is 10.7. The zero-order valence-electron chi connectivity index (χ0n) is 12.8. The Kier molecular flexibility index (Phi) is 6.63. The molecule has 1 N–H and O–H groups in total. The van der Waals surface area contributed by atoms with Crippen molar-refractivity contribution in [3.8, 4) is 6.07 Å². The summed E-state index contributed by atoms with van der Waals surface area (Å²) in [5.74, 6) is 0. The molecular formula is C15H22N4O2. The van der Waals surface area contributed by atoms with E-state index in [0.29, 0.717) is 17.3 Å². The molecule has 0 radical (unpaired) electrons. The fraction of sp³-hybridized carbons (Fsp3) is 0.533. The lowest BCUT2D eigenvalue weighted by Crippen LogP contribution is -2.27. The number of non-ortho nitro benzene ring substituents is 1. The Morgan fingerprint density at radius 1 is 1.43 bits per heavy atom. The van der Waals surface area contributed by atoms with Crippen LogP contribution >= 0.6 is 0 Å². The molecule has 0 unspecified atom stereocenters. The van der Waals surface area contributed by atoms with Crippen LogP contribution in [0.4, 0.5) is 11.4 Å². The number of hydrogen-bond donors (Lipinski definition) is 1. The zero-order valence-corrected chi connectivity index (χ0v) is 12.8. The molecule has 0 aliphatic carbocycles. The van der Waals surface area contributed by atoms with Gasteiger partial charge in [0.05, 0.1) is 16.2 Å². The van der Waals surface area contributed by atoms with Crippen molar-refractivity contribution in [3.05, 3.63) is 33.9 Å². The fourth-order valence-corrected chi connectivity index (χ4v) is 1.86. The minimum Gasteiger partial charge on any atom is -0.384 e. The van der Waals surface area contributed by atoms with Gasteiger partial charge in [-0.05, 0) is 46.3 Å². The van der Waals surface area contributed by atoms with Crippen molar-refractivity contribution >= 4 is 11.4 Å². The van der Waals surface area contributed by atoms with Crippen molar-refractivity contribution in [1.29, 1.82) is 5.26 Å². The van der Waals surface area contributed by atoms with Crippen LogP contribution in [-0.2, 0) is 0 Å². The highest BCUT2D eigenvalue weighted by Gasteiger charge is 2.10. The smallest absolute Gasteiger partial charge is 0.270 e. The quantitative estimate of drug-likeness (QED) is 0.452. The Morgan fingerprint density at radius 3 is 2.71 bits per heavy atom. The molecule has 21 heavy (non-hydrogen) atoms. The minimum atomic E-state index is -0.494. The summed E-state index contributed by atoms with van der Waals surface area (Å²) in [6.45, 7) is 6.10. The molecule has 6 nitrogen and oxygen atoms in total. The lowest BCUT2D eigenvalue weighted by atomic mass is 10.1. The molecule has 0 saturated carbocycles. The van der Waals surface area contributed by atoms with Crippen LogP contribution in [0, 0.1) is 21.4 Å². The number of nitro groups is 1. The third-order valence-electron chi connectivity index (χ3n) is 3.47. The molecule has 0 aliphatic rings. The fourth-order valence-electron chi connectivity index (χ4n) is 1.86. The summed E-state index contributed by atoms with van der Waals surface area (Å²) >= 11 is 0. The van der Waals surface area contributed by atoms with Gasteiger partial charge in [-0.1, -0.05) is 0 Å². The highest BCUT2D eigenvalue weighted by Crippen LogP contribution is 2.21. The van der Waals surface area contributed by atoms with Gasteiger partial charge < -0.3 is 10.2 Å². The minimum absolute atomic E-state index is 0.0596. The van der Waals surface area contributed by atoms with Crippen LogP contribution < -0.4 is 5.32 Å². The highest BCUT2D eigenvalue weighted by molar-refractivity contribution is 5.61. The first-order valence-corrected chi connectivity index (χ1v) is 7.08. The summed E-state index contributed by atoms with van der Waals surface area (Å²) in [4.78, 5) is 12.5. The van der Waals surface area contributed by atoms with Gasteiger partial charge in [-0.3, -0.25) is 10.1 Å². The largest absolute Gasteiger partial charge is 0.384 e. The molecule has 0 saturated heterocycles. The first-order chi connectivity index (χ1) is 9.95. The standard InChI is InChI=1S/C15H22N4O2/c1-12(2)18(3)9-5-4-8-17-15-7-6-14(19(20)21)10-13(15)11-16/h6-7,10,12,17H,4-5,8-9H2,1-3H3. The molecule has 0 fully saturated rings. The molecular weight excluding hydrogens is 268 g/mol. The maximum Gasteiger partial charge on any atom is 0.270 e. The van der Waals surface area contributed by atoms with Crippen molar-refractivity contribution < 1.29 is 4.92 Å². The number of nitrogens with one attached hydrogen (secondary N) is 1. The van der Waals surface area contributed by atoms with Gasteiger partial charge in [0.2, 0.25) is 0 Å². The highest BCUT2D eigenvalue weighted by atomic mass is 16.6. The first-order valence-electron chi connectivity index (χ1n) is 7.08. The number of benzene rings is 1. The second-order valence-electron chi connectivity index (χ2n) is 5.31. The van der Waals surface area contributed by atoms with Crippen LogP contribution in [0.1, 0.15) is 32.3 Å². The van der Waals surface area contributed by atoms with E-state index in [1.807, 2.05) is 6.07 Å². The molecule has 0 bridgehead atoms. The zero-order chi connectivity index (χ0) is 15.8. The third kappa shape index (κ3) is 5.40. The van der Waals surface area contributed by atoms with Crippen LogP contribution in [0.3, 0.4) is 0 Å². The molecule has 1 aromatic carbocycles. The van der Waals surface area contributed by atoms with E-state index in [0.717, 1.165) is 25.9 Å². The molecule has 6 heteroatoms. The van der Waals surface area contributed by atoms with Gasteiger partial charge in [0.1, 0.15) is 6.07 Å². The van der Waals surface area contributed by atoms with Gasteiger partial charge in [0.15, 0.2) is 0 Å². The number of anilines is 1. The summed E-state index contributed by atoms with van der Waals surface area (Å²) < 4.78 is 0. The number of nitriles is 1. The van der Waals surface area contributed by atoms with Crippen molar-refractivity contribution in [2.75, 3.05) is 25.5 Å². The Bertz CT molecular complexity index is 523. The molecule has 0 atom stereocenters. The van der Waals surface area contributed by atoms with Gasteiger partial charge in [0, 0.05) is 24.7 Å². The van der Waals surface area contributed by atoms with Crippen LogP contribution in [-0.4, -0.2) is 36.0 Å². The van der Waals surface area contributed by atoms with E-state index in [4.69, 9.17) is 5.26 Å². The Balaban J connectivity index is 2.46. The Morgan fingerprint density at radius 2 is 2.14 bits per heavy atom. The SMILES string of the molecule is CC(C)N(C)CCCCNc1ccc([N+](=O)[O-])cc1C#N. The van der Waals surface area contributed by atoms with E-state index < -0.39 is 4.92 Å². The Hall–Kier alpha value is -2.13. The van der Waals surface area contributed by atoms with E-state index in [2.05, 4.69) is 31.1 Å². The molecule has 1 rings (SSSR count). The van der Waals surface area contributed by atoms with Crippen molar-refractivity contribution in [3.63, 3.8) is 0 Å². The molecule has 0 heterocycles. The van der Waals surface area contributed by atoms with E-state index in [9.17, 15) is 10.1 Å². The number of rotatable bonds is 8. The van der Waals surface area contributed by atoms with Gasteiger partial charge in [-0.15, -0.1) is 0 Å². The molecule has 0 aromatic heterocycles. The molecule has 0 aliphatic heterocycles. The Labute approximate surface area is 125 Å². The number of nitro benzene ring substituents is 1. The van der Waals surface area contributed by atoms with Crippen LogP contribution in [0.25, 0.3) is 0 Å². The lowest BCUT2D eigenvalue weighted by molar-refractivity contribution is -0.384. The van der Waals surface area contributed by atoms with Crippen molar-refractivity contribution in [2.24, 2.45) is 0 Å². The van der Waals surface area contributed by atoms with Gasteiger partial charge in [-0.2, -0.15) is 5.26 Å². The molecule has 0 amide bonds. The number of nitrogens with zero attached hydrogens (tertiary/aromatic N) is 3. The molecule has 1 aromatic rings. The average molecular weight is 290 g/mol. The second kappa shape index (κ2) is 8.22. The monoisotopic (exact) mass is 290 g/mol. The summed E-state index contributed by atoms with van der Waals surface area (Å²) in [5, 5.41) is 22.9. The van der Waals surface area contributed by atoms with Gasteiger partial charge >= 0.3 is 0 Å². The summed E-state index contributed by atoms with van der Waals surface area (Å²) in [6.07, 6.45) is 2.05. The van der Waals surface area contributed by atoms with Crippen LogP contribution in [0.2, 0.25) is 0 Å². The van der Waals surface area contributed by atoms with Crippen molar-refractivity contribution in [2.45, 2.75) is 32.7 Å². The van der Waals surface area contributed by atoms with E-state index in [-0.39, 0.29) is 5.69 Å². The maximum atomic E-state index is 10.7. The van der Waals surface area contributed by atoms with E-state index >= 15 is 0 Å². The third-order valence-corrected chi connectivity index (χ3v) is 3.47. The summed E-state index contributed by atoms with van der Waals surface area (Å²) in [5.41, 5.74) is 0.902. The van der Waals surface area contributed by atoms with Gasteiger partial charge in [0.25, 0.3) is 5.69 Å². The van der Waals surface area contributed by atoms with Crippen LogP contribution in [0.15, 0.2) is 18.2 Å². The molecule has 0 spiro atoms. The first kappa shape index (κ1) is 16.9. The van der Waals surface area contributed by atoms with Crippen molar-refractivity contribution in [1.82, 2.24) is 4.90 Å².